The lowest BCUT2D eigenvalue weighted by Gasteiger charge is -2.13. The van der Waals surface area contributed by atoms with Gasteiger partial charge in [-0.3, -0.25) is 4.79 Å². The first-order valence-electron chi connectivity index (χ1n) is 4.34. The van der Waals surface area contributed by atoms with E-state index < -0.39 is 0 Å². The fourth-order valence-electron chi connectivity index (χ4n) is 1.51. The highest BCUT2D eigenvalue weighted by molar-refractivity contribution is 9.11. The normalized spacial score (nSPS) is 21.6. The van der Waals surface area contributed by atoms with E-state index in [9.17, 15) is 4.79 Å². The van der Waals surface area contributed by atoms with Gasteiger partial charge in [-0.05, 0) is 28.4 Å². The number of hydrogen-bond acceptors (Lipinski definition) is 2. The molecule has 5 heteroatoms. The van der Waals surface area contributed by atoms with Crippen LogP contribution in [0.2, 0.25) is 0 Å². The van der Waals surface area contributed by atoms with Crippen LogP contribution in [0.25, 0.3) is 0 Å². The summed E-state index contributed by atoms with van der Waals surface area (Å²) in [7, 11) is 0. The number of hydrogen-bond donors (Lipinski definition) is 0. The van der Waals surface area contributed by atoms with Crippen molar-refractivity contribution in [3.63, 3.8) is 0 Å². The second-order valence-corrected chi connectivity index (χ2v) is 6.18. The predicted octanol–water partition coefficient (Wildman–Crippen LogP) is 2.96. The molecule has 1 aromatic heterocycles. The van der Waals surface area contributed by atoms with Gasteiger partial charge in [0.15, 0.2) is 0 Å². The van der Waals surface area contributed by atoms with Gasteiger partial charge in [0.1, 0.15) is 0 Å². The van der Waals surface area contributed by atoms with Gasteiger partial charge in [0.25, 0.3) is 5.91 Å². The Morgan fingerprint density at radius 1 is 1.71 bits per heavy atom. The molecule has 1 unspecified atom stereocenters. The molecule has 14 heavy (non-hydrogen) atoms. The first kappa shape index (κ1) is 10.5. The molecular formula is C9H9BrClNOS. The van der Waals surface area contributed by atoms with Gasteiger partial charge in [-0.15, -0.1) is 22.9 Å². The van der Waals surface area contributed by atoms with E-state index in [1.165, 1.54) is 11.3 Å². The third-order valence-corrected chi connectivity index (χ3v) is 4.09. The fourth-order valence-corrected chi connectivity index (χ4v) is 2.90. The molecule has 0 saturated carbocycles. The highest BCUT2D eigenvalue weighted by Gasteiger charge is 2.25. The van der Waals surface area contributed by atoms with Gasteiger partial charge >= 0.3 is 0 Å². The molecule has 1 saturated heterocycles. The van der Waals surface area contributed by atoms with Crippen LogP contribution in [0.4, 0.5) is 0 Å². The minimum atomic E-state index is 0.0927. The summed E-state index contributed by atoms with van der Waals surface area (Å²) in [5.41, 5.74) is 0.757. The number of amides is 1. The van der Waals surface area contributed by atoms with Crippen LogP contribution < -0.4 is 0 Å². The SMILES string of the molecule is O=C(c1csc(Br)c1)N1CCC(Cl)C1. The summed E-state index contributed by atoms with van der Waals surface area (Å²) in [6.07, 6.45) is 0.901. The number of likely N-dealkylation sites (tertiary alicyclic amines) is 1. The first-order valence-corrected chi connectivity index (χ1v) is 6.45. The highest BCUT2D eigenvalue weighted by atomic mass is 79.9. The summed E-state index contributed by atoms with van der Waals surface area (Å²) >= 11 is 10.8. The number of halogens is 2. The van der Waals surface area contributed by atoms with E-state index in [1.54, 1.807) is 0 Å². The number of alkyl halides is 1. The van der Waals surface area contributed by atoms with E-state index in [1.807, 2.05) is 16.3 Å². The van der Waals surface area contributed by atoms with Crippen LogP contribution in [-0.4, -0.2) is 29.3 Å². The molecule has 0 aromatic carbocycles. The predicted molar refractivity (Wildman–Crippen MR) is 62.2 cm³/mol. The zero-order valence-corrected chi connectivity index (χ0v) is 10.5. The third kappa shape index (κ3) is 2.12. The maximum absolute atomic E-state index is 11.9. The van der Waals surface area contributed by atoms with E-state index in [2.05, 4.69) is 15.9 Å². The smallest absolute Gasteiger partial charge is 0.254 e. The van der Waals surface area contributed by atoms with Gasteiger partial charge in [-0.2, -0.15) is 0 Å². The summed E-state index contributed by atoms with van der Waals surface area (Å²) in [5.74, 6) is 0.0927. The Bertz CT molecular complexity index is 354. The molecule has 1 fully saturated rings. The Morgan fingerprint density at radius 2 is 2.50 bits per heavy atom. The Kier molecular flexibility index (Phi) is 3.14. The van der Waals surface area contributed by atoms with Crippen molar-refractivity contribution in [1.29, 1.82) is 0 Å². The van der Waals surface area contributed by atoms with E-state index >= 15 is 0 Å². The standard InChI is InChI=1S/C9H9BrClNOS/c10-8-3-6(5-14-8)9(13)12-2-1-7(11)4-12/h3,5,7H,1-2,4H2. The number of carbonyl (C=O) groups is 1. The van der Waals surface area contributed by atoms with Crippen LogP contribution in [0, 0.1) is 0 Å². The van der Waals surface area contributed by atoms with Gasteiger partial charge in [0.05, 0.1) is 14.7 Å². The van der Waals surface area contributed by atoms with E-state index in [0.29, 0.717) is 6.54 Å². The van der Waals surface area contributed by atoms with Gasteiger partial charge < -0.3 is 4.90 Å². The van der Waals surface area contributed by atoms with Crippen LogP contribution in [0.15, 0.2) is 15.2 Å². The quantitative estimate of drug-likeness (QED) is 0.729. The van der Waals surface area contributed by atoms with Crippen molar-refractivity contribution in [2.24, 2.45) is 0 Å². The topological polar surface area (TPSA) is 20.3 Å². The lowest BCUT2D eigenvalue weighted by atomic mass is 10.3. The number of thiophene rings is 1. The van der Waals surface area contributed by atoms with Crippen molar-refractivity contribution >= 4 is 44.8 Å². The Morgan fingerprint density at radius 3 is 3.00 bits per heavy atom. The van der Waals surface area contributed by atoms with Crippen molar-refractivity contribution in [3.05, 3.63) is 20.8 Å². The molecule has 0 bridgehead atoms. The number of nitrogens with zero attached hydrogens (tertiary/aromatic N) is 1. The number of rotatable bonds is 1. The summed E-state index contributed by atoms with van der Waals surface area (Å²) in [4.78, 5) is 13.7. The molecule has 1 aliphatic rings. The molecule has 0 N–H and O–H groups in total. The van der Waals surface area contributed by atoms with Crippen LogP contribution in [0.5, 0.6) is 0 Å². The van der Waals surface area contributed by atoms with Gasteiger partial charge in [0.2, 0.25) is 0 Å². The summed E-state index contributed by atoms with van der Waals surface area (Å²) in [6, 6.07) is 1.86. The molecule has 1 aromatic rings. The maximum atomic E-state index is 11.9. The second kappa shape index (κ2) is 4.21. The Labute approximate surface area is 100.0 Å². The van der Waals surface area contributed by atoms with E-state index in [-0.39, 0.29) is 11.3 Å². The number of carbonyl (C=O) groups excluding carboxylic acids is 1. The van der Waals surface area contributed by atoms with Crippen LogP contribution >= 0.6 is 38.9 Å². The molecule has 1 atom stereocenters. The summed E-state index contributed by atoms with van der Waals surface area (Å²) in [6.45, 7) is 1.45. The van der Waals surface area contributed by atoms with Crippen LogP contribution in [0.3, 0.4) is 0 Å². The fraction of sp³-hybridized carbons (Fsp3) is 0.444. The molecule has 2 heterocycles. The average molecular weight is 295 g/mol. The van der Waals surface area contributed by atoms with Gasteiger partial charge in [-0.25, -0.2) is 0 Å². The molecule has 1 aliphatic heterocycles. The van der Waals surface area contributed by atoms with Gasteiger partial charge in [0, 0.05) is 18.5 Å². The molecule has 2 rings (SSSR count). The van der Waals surface area contributed by atoms with Crippen molar-refractivity contribution in [3.8, 4) is 0 Å². The zero-order chi connectivity index (χ0) is 10.1. The zero-order valence-electron chi connectivity index (χ0n) is 7.37. The van der Waals surface area contributed by atoms with E-state index in [0.717, 1.165) is 22.3 Å². The molecule has 0 spiro atoms. The van der Waals surface area contributed by atoms with Crippen LogP contribution in [-0.2, 0) is 0 Å². The van der Waals surface area contributed by atoms with Crippen LogP contribution in [0.1, 0.15) is 16.8 Å². The lowest BCUT2D eigenvalue weighted by Crippen LogP contribution is -2.28. The Hall–Kier alpha value is -0.0600. The molecule has 1 amide bonds. The molecule has 0 radical (unpaired) electrons. The second-order valence-electron chi connectivity index (χ2n) is 3.28. The van der Waals surface area contributed by atoms with E-state index in [4.69, 9.17) is 11.6 Å². The average Bonchev–Trinajstić information content (AvgIpc) is 2.73. The van der Waals surface area contributed by atoms with Crippen molar-refractivity contribution in [1.82, 2.24) is 4.90 Å². The van der Waals surface area contributed by atoms with Crippen molar-refractivity contribution < 1.29 is 4.79 Å². The largest absolute Gasteiger partial charge is 0.337 e. The van der Waals surface area contributed by atoms with Crippen molar-refractivity contribution in [2.45, 2.75) is 11.8 Å². The first-order chi connectivity index (χ1) is 6.66. The lowest BCUT2D eigenvalue weighted by molar-refractivity contribution is 0.0793. The van der Waals surface area contributed by atoms with Crippen molar-refractivity contribution in [2.75, 3.05) is 13.1 Å². The molecule has 2 nitrogen and oxygen atoms in total. The monoisotopic (exact) mass is 293 g/mol. The molecular weight excluding hydrogens is 286 g/mol. The minimum Gasteiger partial charge on any atom is -0.337 e. The third-order valence-electron chi connectivity index (χ3n) is 2.23. The molecule has 76 valence electrons. The highest BCUT2D eigenvalue weighted by Crippen LogP contribution is 2.24. The summed E-state index contributed by atoms with van der Waals surface area (Å²) < 4.78 is 0.988. The summed E-state index contributed by atoms with van der Waals surface area (Å²) in [5, 5.41) is 1.99. The van der Waals surface area contributed by atoms with Gasteiger partial charge in [-0.1, -0.05) is 0 Å². The Balaban J connectivity index is 2.09. The molecule has 0 aliphatic carbocycles. The maximum Gasteiger partial charge on any atom is 0.254 e. The minimum absolute atomic E-state index is 0.0927.